The van der Waals surface area contributed by atoms with E-state index < -0.39 is 11.7 Å². The van der Waals surface area contributed by atoms with E-state index in [4.69, 9.17) is 19.4 Å². The maximum absolute atomic E-state index is 11.8. The molecule has 2 aliphatic rings. The van der Waals surface area contributed by atoms with Gasteiger partial charge < -0.3 is 35.2 Å². The molecule has 2 atom stereocenters. The molecule has 1 aromatic heterocycles. The van der Waals surface area contributed by atoms with Crippen LogP contribution in [0.5, 0.6) is 0 Å². The van der Waals surface area contributed by atoms with E-state index in [1.54, 1.807) is 12.1 Å². The Hall–Kier alpha value is -2.79. The summed E-state index contributed by atoms with van der Waals surface area (Å²) in [6, 6.07) is 7.08. The van der Waals surface area contributed by atoms with Gasteiger partial charge in [-0.1, -0.05) is 13.8 Å². The predicted octanol–water partition coefficient (Wildman–Crippen LogP) is 2.64. The van der Waals surface area contributed by atoms with Gasteiger partial charge in [0.2, 0.25) is 0 Å². The number of fused-ring (bicyclic) bond motifs is 1. The molecule has 192 valence electrons. The zero-order valence-corrected chi connectivity index (χ0v) is 21.0. The van der Waals surface area contributed by atoms with Crippen LogP contribution in [-0.2, 0) is 21.7 Å². The van der Waals surface area contributed by atoms with Crippen LogP contribution >= 0.6 is 0 Å². The number of benzene rings is 1. The van der Waals surface area contributed by atoms with Gasteiger partial charge in [0.15, 0.2) is 5.82 Å². The molecule has 0 bridgehead atoms. The summed E-state index contributed by atoms with van der Waals surface area (Å²) in [7, 11) is 0. The van der Waals surface area contributed by atoms with Gasteiger partial charge in [-0.3, -0.25) is 0 Å². The van der Waals surface area contributed by atoms with E-state index in [2.05, 4.69) is 15.5 Å². The lowest BCUT2D eigenvalue weighted by atomic mass is 9.93. The molecular weight excluding hydrogens is 450 g/mol. The number of nitrogens with one attached hydrogen (secondary N) is 2. The highest BCUT2D eigenvalue weighted by atomic mass is 16.5. The number of ether oxygens (including phenoxy) is 2. The quantitative estimate of drug-likeness (QED) is 0.469. The second-order valence-corrected chi connectivity index (χ2v) is 8.42. The number of rotatable bonds is 7. The number of nitrogens with zero attached hydrogens (tertiary/aromatic N) is 3. The molecule has 10 nitrogen and oxygen atoms in total. The minimum Gasteiger partial charge on any atom is -0.394 e. The number of hydrogen-bond donors (Lipinski definition) is 4. The largest absolute Gasteiger partial charge is 0.394 e. The fourth-order valence-electron chi connectivity index (χ4n) is 4.22. The first-order chi connectivity index (χ1) is 16.9. The van der Waals surface area contributed by atoms with Crippen molar-refractivity contribution >= 4 is 17.5 Å². The number of urea groups is 1. The maximum atomic E-state index is 11.8. The van der Waals surface area contributed by atoms with Crippen molar-refractivity contribution in [3.63, 3.8) is 0 Å². The summed E-state index contributed by atoms with van der Waals surface area (Å²) >= 11 is 0. The molecule has 0 spiro atoms. The lowest BCUT2D eigenvalue weighted by Gasteiger charge is -2.30. The highest BCUT2D eigenvalue weighted by molar-refractivity contribution is 5.89. The summed E-state index contributed by atoms with van der Waals surface area (Å²) in [4.78, 5) is 23.7. The minimum atomic E-state index is -0.911. The first-order valence-corrected chi connectivity index (χ1v) is 12.3. The molecule has 0 radical (unpaired) electrons. The van der Waals surface area contributed by atoms with E-state index in [1.807, 2.05) is 39.8 Å². The molecule has 2 amide bonds. The van der Waals surface area contributed by atoms with Gasteiger partial charge in [0, 0.05) is 42.9 Å². The topological polar surface area (TPSA) is 129 Å². The van der Waals surface area contributed by atoms with Gasteiger partial charge >= 0.3 is 6.03 Å². The Morgan fingerprint density at radius 2 is 1.89 bits per heavy atom. The molecule has 2 aliphatic heterocycles. The molecule has 1 saturated heterocycles. The maximum Gasteiger partial charge on any atom is 0.319 e. The van der Waals surface area contributed by atoms with E-state index in [9.17, 15) is 15.0 Å². The Morgan fingerprint density at radius 1 is 1.20 bits per heavy atom. The Kier molecular flexibility index (Phi) is 9.39. The molecule has 10 heteroatoms. The third-order valence-corrected chi connectivity index (χ3v) is 5.91. The van der Waals surface area contributed by atoms with Crippen molar-refractivity contribution in [2.24, 2.45) is 0 Å². The van der Waals surface area contributed by atoms with Gasteiger partial charge in [-0.05, 0) is 38.1 Å². The molecule has 0 aliphatic carbocycles. The summed E-state index contributed by atoms with van der Waals surface area (Å²) in [5.41, 5.74) is 2.26. The Balaban J connectivity index is 0.00000167. The monoisotopic (exact) mass is 487 g/mol. The molecular formula is C25H37N5O5. The second kappa shape index (κ2) is 12.3. The molecule has 2 unspecified atom stereocenters. The van der Waals surface area contributed by atoms with Crippen LogP contribution in [0.4, 0.5) is 16.3 Å². The lowest BCUT2D eigenvalue weighted by molar-refractivity contribution is -0.0661. The number of morpholine rings is 1. The molecule has 4 N–H and O–H groups in total. The number of aromatic nitrogens is 2. The van der Waals surface area contributed by atoms with E-state index in [0.717, 1.165) is 22.6 Å². The molecule has 35 heavy (non-hydrogen) atoms. The Morgan fingerprint density at radius 3 is 2.51 bits per heavy atom. The van der Waals surface area contributed by atoms with E-state index in [0.29, 0.717) is 51.0 Å². The lowest BCUT2D eigenvalue weighted by Crippen LogP contribution is -2.38. The number of amides is 2. The number of carbonyl (C=O) groups excluding carboxylic acids is 1. The van der Waals surface area contributed by atoms with Crippen LogP contribution < -0.4 is 15.5 Å². The van der Waals surface area contributed by atoms with Crippen LogP contribution in [0, 0.1) is 0 Å². The summed E-state index contributed by atoms with van der Waals surface area (Å²) in [6.07, 6.45) is -0.684. The van der Waals surface area contributed by atoms with Crippen LogP contribution in [-0.4, -0.2) is 71.8 Å². The second-order valence-electron chi connectivity index (χ2n) is 8.42. The Labute approximate surface area is 206 Å². The smallest absolute Gasteiger partial charge is 0.319 e. The highest BCUT2D eigenvalue weighted by Gasteiger charge is 2.42. The first-order valence-electron chi connectivity index (χ1n) is 12.3. The van der Waals surface area contributed by atoms with Gasteiger partial charge in [-0.2, -0.15) is 0 Å². The fourth-order valence-corrected chi connectivity index (χ4v) is 4.22. The number of anilines is 2. The predicted molar refractivity (Wildman–Crippen MR) is 134 cm³/mol. The van der Waals surface area contributed by atoms with Crippen molar-refractivity contribution in [3.8, 4) is 11.4 Å². The summed E-state index contributed by atoms with van der Waals surface area (Å²) in [5.74, 6) is 1.35. The molecule has 1 aromatic carbocycles. The van der Waals surface area contributed by atoms with Crippen molar-refractivity contribution in [1.82, 2.24) is 15.3 Å². The third kappa shape index (κ3) is 6.26. The minimum absolute atomic E-state index is 0.227. The van der Waals surface area contributed by atoms with Crippen LogP contribution in [0.25, 0.3) is 11.4 Å². The zero-order chi connectivity index (χ0) is 25.4. The summed E-state index contributed by atoms with van der Waals surface area (Å²) in [5, 5.41) is 25.0. The van der Waals surface area contributed by atoms with Crippen LogP contribution in [0.15, 0.2) is 24.3 Å². The number of carbonyl (C=O) groups is 1. The number of hydrogen-bond acceptors (Lipinski definition) is 8. The van der Waals surface area contributed by atoms with E-state index >= 15 is 0 Å². The SMILES string of the molecule is CC.CCNC(=O)Nc1ccc(-c2nc(N3CCOCC3)c3c(n2)C(C)(CC(O)CO)OC3)cc1. The fraction of sp³-hybridized carbons (Fsp3) is 0.560. The van der Waals surface area contributed by atoms with Gasteiger partial charge in [0.1, 0.15) is 11.4 Å². The van der Waals surface area contributed by atoms with Crippen molar-refractivity contribution in [2.75, 3.05) is 49.7 Å². The van der Waals surface area contributed by atoms with Gasteiger partial charge in [0.25, 0.3) is 0 Å². The van der Waals surface area contributed by atoms with E-state index in [1.165, 1.54) is 0 Å². The van der Waals surface area contributed by atoms with Crippen LogP contribution in [0.3, 0.4) is 0 Å². The van der Waals surface area contributed by atoms with Gasteiger partial charge in [-0.15, -0.1) is 0 Å². The number of aliphatic hydroxyl groups excluding tert-OH is 2. The van der Waals surface area contributed by atoms with Crippen LogP contribution in [0.1, 0.15) is 45.4 Å². The highest BCUT2D eigenvalue weighted by Crippen LogP contribution is 2.43. The summed E-state index contributed by atoms with van der Waals surface area (Å²) in [6.45, 7) is 11.0. The molecule has 0 saturated carbocycles. The van der Waals surface area contributed by atoms with Gasteiger partial charge in [0.05, 0.1) is 38.2 Å². The molecule has 4 rings (SSSR count). The molecule has 3 heterocycles. The Bertz CT molecular complexity index is 981. The average Bonchev–Trinajstić information content (AvgIpc) is 3.21. The first kappa shape index (κ1) is 26.8. The average molecular weight is 488 g/mol. The summed E-state index contributed by atoms with van der Waals surface area (Å²) < 4.78 is 11.6. The normalized spacial score (nSPS) is 19.9. The number of aliphatic hydroxyl groups is 2. The third-order valence-electron chi connectivity index (χ3n) is 5.91. The molecule has 1 fully saturated rings. The molecule has 2 aromatic rings. The van der Waals surface area contributed by atoms with Gasteiger partial charge in [-0.25, -0.2) is 14.8 Å². The van der Waals surface area contributed by atoms with E-state index in [-0.39, 0.29) is 19.1 Å². The standard InChI is InChI=1S/C23H31N5O5.C2H6/c1-3-24-22(31)25-16-6-4-15(5-7-16)20-26-19-18(14-33-23(19,2)12-17(30)13-29)21(27-20)28-8-10-32-11-9-28;1-2/h4-7,17,29-30H,3,8-14H2,1-2H3,(H2,24,25,31);1-2H3. The van der Waals surface area contributed by atoms with Crippen molar-refractivity contribution in [3.05, 3.63) is 35.5 Å². The van der Waals surface area contributed by atoms with Crippen molar-refractivity contribution in [1.29, 1.82) is 0 Å². The van der Waals surface area contributed by atoms with Crippen molar-refractivity contribution < 1.29 is 24.5 Å². The van der Waals surface area contributed by atoms with Crippen LogP contribution in [0.2, 0.25) is 0 Å². The zero-order valence-electron chi connectivity index (χ0n) is 21.0. The van der Waals surface area contributed by atoms with Crippen molar-refractivity contribution in [2.45, 2.75) is 52.4 Å².